The van der Waals surface area contributed by atoms with Crippen LogP contribution in [0.1, 0.15) is 183 Å². The predicted octanol–water partition coefficient (Wildman–Crippen LogP) is 11.8. The molecule has 0 amide bonds. The number of aliphatic imine (C=N–C) groups is 2. The molecule has 2 atom stereocenters. The summed E-state index contributed by atoms with van der Waals surface area (Å²) in [6, 6.07) is 8.53. The van der Waals surface area contributed by atoms with Crippen LogP contribution in [0.5, 0.6) is 11.5 Å². The molecule has 2 unspecified atom stereocenters. The van der Waals surface area contributed by atoms with Gasteiger partial charge in [-0.25, -0.2) is 4.79 Å². The molecule has 2 aliphatic rings. The number of carbonyl (C=O) groups is 1. The molecule has 1 saturated heterocycles. The largest absolute Gasteiger partial charge is 0.508 e. The maximum absolute atomic E-state index is 11.2. The molecule has 1 radical (unpaired) electrons. The Bertz CT molecular complexity index is 1590. The Morgan fingerprint density at radius 3 is 1.25 bits per heavy atom. The molecule has 1 aliphatic heterocycles. The Labute approximate surface area is 404 Å². The van der Waals surface area contributed by atoms with Gasteiger partial charge in [0, 0.05) is 72.3 Å². The van der Waals surface area contributed by atoms with E-state index in [0.717, 1.165) is 80.6 Å². The van der Waals surface area contributed by atoms with Crippen molar-refractivity contribution in [2.24, 2.45) is 9.98 Å². The Balaban J connectivity index is -0.00000126. The van der Waals surface area contributed by atoms with E-state index < -0.39 is 6.16 Å². The van der Waals surface area contributed by atoms with Crippen molar-refractivity contribution in [3.63, 3.8) is 0 Å². The topological polar surface area (TPSA) is 166 Å². The predicted molar refractivity (Wildman–Crippen MR) is 261 cm³/mol. The SMILES string of the molecule is C1CO1.CC.CC(C)(C)c1cc(C=NC2CCCCC2N=Cc2cc(C(C)(C)C)cc(C(C)(C)C)c2O)c(O)c(C(C)(C)C)c1.CCCOC.CCCOC(=O)OCCOC.O=C=O.[Co]. The first kappa shape index (κ1) is 65.7. The molecule has 2 fully saturated rings. The van der Waals surface area contributed by atoms with Gasteiger partial charge < -0.3 is 33.9 Å². The van der Waals surface area contributed by atoms with Gasteiger partial charge in [0.25, 0.3) is 0 Å². The quantitative estimate of drug-likeness (QED) is 0.0958. The van der Waals surface area contributed by atoms with Gasteiger partial charge in [-0.3, -0.25) is 9.98 Å². The maximum Gasteiger partial charge on any atom is 0.508 e. The first-order valence-corrected chi connectivity index (χ1v) is 23.0. The van der Waals surface area contributed by atoms with Crippen molar-refractivity contribution >= 4 is 24.7 Å². The number of nitrogens with zero attached hydrogens (tertiary/aromatic N) is 2. The fourth-order valence-electron chi connectivity index (χ4n) is 5.95. The molecular weight excluding hydrogens is 872 g/mol. The van der Waals surface area contributed by atoms with E-state index in [1.54, 1.807) is 14.2 Å². The van der Waals surface area contributed by atoms with E-state index in [4.69, 9.17) is 24.3 Å². The van der Waals surface area contributed by atoms with Gasteiger partial charge in [0.2, 0.25) is 0 Å². The Morgan fingerprint density at radius 2 is 0.985 bits per heavy atom. The summed E-state index contributed by atoms with van der Waals surface area (Å²) in [6.07, 6.45) is 9.46. The van der Waals surface area contributed by atoms with Gasteiger partial charge in [0.15, 0.2) is 0 Å². The first-order chi connectivity index (χ1) is 29.8. The Morgan fingerprint density at radius 1 is 0.646 bits per heavy atom. The van der Waals surface area contributed by atoms with Crippen LogP contribution in [0, 0.1) is 0 Å². The number of phenolic OH excluding ortho intramolecular Hbond substituents is 2. The van der Waals surface area contributed by atoms with Crippen LogP contribution in [0.3, 0.4) is 0 Å². The Kier molecular flexibility index (Phi) is 34.2. The monoisotopic (exact) mass is 960 g/mol. The number of carbonyl (C=O) groups excluding carboxylic acids is 3. The second-order valence-corrected chi connectivity index (χ2v) is 19.5. The van der Waals surface area contributed by atoms with Crippen molar-refractivity contribution in [3.8, 4) is 11.5 Å². The van der Waals surface area contributed by atoms with Gasteiger partial charge in [-0.2, -0.15) is 9.59 Å². The van der Waals surface area contributed by atoms with Crippen molar-refractivity contribution in [1.29, 1.82) is 0 Å². The number of epoxide rings is 1. The average molecular weight is 960 g/mol. The van der Waals surface area contributed by atoms with Crippen LogP contribution in [0.2, 0.25) is 0 Å². The summed E-state index contributed by atoms with van der Waals surface area (Å²) < 4.78 is 23.1. The molecule has 0 spiro atoms. The number of hydrogen-bond donors (Lipinski definition) is 2. The average Bonchev–Trinajstić information content (AvgIpc) is 4.10. The second kappa shape index (κ2) is 33.8. The third-order valence-electron chi connectivity index (χ3n) is 9.67. The second-order valence-electron chi connectivity index (χ2n) is 19.5. The van der Waals surface area contributed by atoms with Gasteiger partial charge >= 0.3 is 12.3 Å². The van der Waals surface area contributed by atoms with Gasteiger partial charge in [-0.1, -0.05) is 136 Å². The molecule has 375 valence electrons. The number of aromatic hydroxyl groups is 2. The van der Waals surface area contributed by atoms with Crippen molar-refractivity contribution in [1.82, 2.24) is 0 Å². The third-order valence-corrected chi connectivity index (χ3v) is 9.67. The molecule has 2 aromatic rings. The van der Waals surface area contributed by atoms with Crippen LogP contribution in [-0.2, 0) is 71.7 Å². The number of rotatable bonds is 11. The van der Waals surface area contributed by atoms with E-state index in [1.807, 2.05) is 33.2 Å². The summed E-state index contributed by atoms with van der Waals surface area (Å²) in [7, 11) is 3.25. The van der Waals surface area contributed by atoms with E-state index >= 15 is 0 Å². The van der Waals surface area contributed by atoms with Crippen molar-refractivity contribution < 1.29 is 65.1 Å². The van der Waals surface area contributed by atoms with E-state index in [0.29, 0.717) is 24.7 Å². The van der Waals surface area contributed by atoms with Gasteiger partial charge in [-0.15, -0.1) is 0 Å². The molecule has 1 heterocycles. The van der Waals surface area contributed by atoms with Crippen LogP contribution in [0.4, 0.5) is 4.79 Å². The summed E-state index contributed by atoms with van der Waals surface area (Å²) in [5.74, 6) is 0.637. The molecule has 1 saturated carbocycles. The van der Waals surface area contributed by atoms with Gasteiger partial charge in [0.05, 0.1) is 38.5 Å². The van der Waals surface area contributed by atoms with Gasteiger partial charge in [0.1, 0.15) is 18.1 Å². The van der Waals surface area contributed by atoms with Crippen LogP contribution < -0.4 is 0 Å². The summed E-state index contributed by atoms with van der Waals surface area (Å²) in [5.41, 5.74) is 5.39. The zero-order valence-corrected chi connectivity index (χ0v) is 44.5. The molecule has 13 heteroatoms. The molecular formula is C52H88CoN2O10. The van der Waals surface area contributed by atoms with Gasteiger partial charge in [-0.05, 0) is 70.6 Å². The zero-order valence-electron chi connectivity index (χ0n) is 43.5. The van der Waals surface area contributed by atoms with Crippen LogP contribution in [-0.4, -0.2) is 101 Å². The summed E-state index contributed by atoms with van der Waals surface area (Å²) in [6.45, 7) is 38.0. The fraction of sp³-hybridized carbons (Fsp3) is 0.692. The van der Waals surface area contributed by atoms with E-state index in [9.17, 15) is 15.0 Å². The minimum Gasteiger partial charge on any atom is -0.507 e. The van der Waals surface area contributed by atoms with Crippen molar-refractivity contribution in [2.75, 3.05) is 53.9 Å². The smallest absolute Gasteiger partial charge is 0.507 e. The standard InChI is InChI=1S/C36H54N2O2.C7H14O4.C4H10O.C2H4O.C2H6.CO2.Co/c1-33(2,3)25-17-23(31(39)27(19-25)35(7,8)9)21-37-29-15-13-14-16-30(29)38-22-24-18-26(34(4,5)6)20-28(32(24)40)36(10,11)12;1-3-4-10-7(8)11-6-5-9-2;1-3-4-5-2;1-2-3-1;1-2;2-1-3;/h17-22,29-30,39-40H,13-16H2,1-12H3;3-6H2,1-2H3;3-4H2,1-2H3;1-2H2;1-2H3;;. The number of benzene rings is 2. The molecule has 4 rings (SSSR count). The first-order valence-electron chi connectivity index (χ1n) is 23.0. The molecule has 1 aliphatic carbocycles. The molecule has 2 aromatic carbocycles. The minimum atomic E-state index is -0.621. The summed E-state index contributed by atoms with van der Waals surface area (Å²) >= 11 is 0. The Hall–Kier alpha value is -3.58. The number of phenols is 2. The van der Waals surface area contributed by atoms with E-state index in [1.165, 1.54) is 11.1 Å². The number of hydrogen-bond acceptors (Lipinski definition) is 12. The van der Waals surface area contributed by atoms with E-state index in [-0.39, 0.29) is 63.3 Å². The van der Waals surface area contributed by atoms with Crippen molar-refractivity contribution in [3.05, 3.63) is 57.6 Å². The third kappa shape index (κ3) is 28.3. The van der Waals surface area contributed by atoms with Crippen LogP contribution in [0.15, 0.2) is 34.3 Å². The number of methoxy groups -OCH3 is 2. The molecule has 2 N–H and O–H groups in total. The number of ether oxygens (including phenoxy) is 5. The summed E-state index contributed by atoms with van der Waals surface area (Å²) in [4.78, 5) is 36.9. The molecule has 0 bridgehead atoms. The van der Waals surface area contributed by atoms with E-state index in [2.05, 4.69) is 133 Å². The van der Waals surface area contributed by atoms with Crippen molar-refractivity contribution in [2.45, 2.75) is 183 Å². The molecule has 0 aromatic heterocycles. The summed E-state index contributed by atoms with van der Waals surface area (Å²) in [5, 5.41) is 22.5. The van der Waals surface area contributed by atoms with Crippen LogP contribution in [0.25, 0.3) is 0 Å². The van der Waals surface area contributed by atoms with Crippen LogP contribution >= 0.6 is 0 Å². The maximum atomic E-state index is 11.2. The molecule has 12 nitrogen and oxygen atoms in total. The minimum absolute atomic E-state index is 0. The molecule has 65 heavy (non-hydrogen) atoms. The normalized spacial score (nSPS) is 15.6. The fourth-order valence-corrected chi connectivity index (χ4v) is 5.95. The zero-order chi connectivity index (χ0) is 49.7.